The van der Waals surface area contributed by atoms with E-state index in [9.17, 15) is 19.2 Å². The number of aryl methyl sites for hydroxylation is 1. The molecule has 0 radical (unpaired) electrons. The second-order valence-corrected chi connectivity index (χ2v) is 10.7. The van der Waals surface area contributed by atoms with E-state index < -0.39 is 35.8 Å². The molecule has 41 heavy (non-hydrogen) atoms. The van der Waals surface area contributed by atoms with Crippen LogP contribution in [0.4, 0.5) is 11.4 Å². The molecule has 0 saturated heterocycles. The van der Waals surface area contributed by atoms with Crippen LogP contribution in [0.3, 0.4) is 0 Å². The third-order valence-corrected chi connectivity index (χ3v) is 7.12. The second-order valence-electron chi connectivity index (χ2n) is 10.7. The first-order valence-corrected chi connectivity index (χ1v) is 13.8. The van der Waals surface area contributed by atoms with Crippen LogP contribution in [0.2, 0.25) is 0 Å². The number of carbonyl (C=O) groups is 4. The molecule has 0 saturated carbocycles. The van der Waals surface area contributed by atoms with Crippen LogP contribution in [-0.2, 0) is 27.3 Å². The van der Waals surface area contributed by atoms with Gasteiger partial charge in [-0.05, 0) is 66.8 Å². The van der Waals surface area contributed by atoms with E-state index in [1.165, 1.54) is 0 Å². The van der Waals surface area contributed by atoms with Gasteiger partial charge in [0.05, 0.1) is 0 Å². The van der Waals surface area contributed by atoms with Crippen molar-refractivity contribution in [3.63, 3.8) is 0 Å². The highest BCUT2D eigenvalue weighted by atomic mass is 16.2. The number of rotatable bonds is 3. The summed E-state index contributed by atoms with van der Waals surface area (Å²) in [5, 5.41) is 14.6. The smallest absolute Gasteiger partial charge is 0.252 e. The summed E-state index contributed by atoms with van der Waals surface area (Å²) in [6.45, 7) is 7.45. The first-order valence-electron chi connectivity index (χ1n) is 13.8. The number of amides is 4. The number of nitrogens with one attached hydrogen (secondary N) is 5. The summed E-state index contributed by atoms with van der Waals surface area (Å²) in [6, 6.07) is 19.5. The Balaban J connectivity index is 1.70. The lowest BCUT2D eigenvalue weighted by Gasteiger charge is -2.26. The summed E-state index contributed by atoms with van der Waals surface area (Å²) in [7, 11) is 0. The fourth-order valence-electron chi connectivity index (χ4n) is 4.64. The number of benzene rings is 3. The zero-order valence-electron chi connectivity index (χ0n) is 23.8. The van der Waals surface area contributed by atoms with Gasteiger partial charge in [0.15, 0.2) is 0 Å². The highest BCUT2D eigenvalue weighted by Crippen LogP contribution is 2.21. The predicted molar refractivity (Wildman–Crippen MR) is 159 cm³/mol. The Hall–Kier alpha value is -4.66. The number of hydrogen-bond donors (Lipinski definition) is 5. The van der Waals surface area contributed by atoms with Crippen molar-refractivity contribution < 1.29 is 19.2 Å². The molecular weight excluding hydrogens is 518 g/mol. The SMILES string of the molecule is Cc1ccc2cc1CNC(=O)[C@H](C)NC(=O)[C@H](C(C)C)NC(=O)[C@@H](Cc1ccccc1)NC(=O)c1cccc(c1)N2. The molecule has 3 aromatic carbocycles. The van der Waals surface area contributed by atoms with Gasteiger partial charge in [-0.25, -0.2) is 0 Å². The Kier molecular flexibility index (Phi) is 9.39. The fraction of sp³-hybridized carbons (Fsp3) is 0.312. The molecule has 4 bridgehead atoms. The number of carbonyl (C=O) groups excluding carboxylic acids is 4. The monoisotopic (exact) mass is 555 g/mol. The van der Waals surface area contributed by atoms with E-state index in [2.05, 4.69) is 26.6 Å². The van der Waals surface area contributed by atoms with Crippen LogP contribution in [0.5, 0.6) is 0 Å². The van der Waals surface area contributed by atoms with Crippen LogP contribution < -0.4 is 26.6 Å². The third-order valence-electron chi connectivity index (χ3n) is 7.12. The zero-order valence-corrected chi connectivity index (χ0v) is 23.8. The topological polar surface area (TPSA) is 128 Å². The summed E-state index contributed by atoms with van der Waals surface area (Å²) in [6.07, 6.45) is 0.230. The quantitative estimate of drug-likeness (QED) is 0.339. The maximum absolute atomic E-state index is 13.6. The van der Waals surface area contributed by atoms with Gasteiger partial charge in [-0.1, -0.05) is 56.3 Å². The predicted octanol–water partition coefficient (Wildman–Crippen LogP) is 3.36. The Morgan fingerprint density at radius 1 is 0.780 bits per heavy atom. The van der Waals surface area contributed by atoms with Crippen LogP contribution in [0.25, 0.3) is 0 Å². The maximum Gasteiger partial charge on any atom is 0.252 e. The average molecular weight is 556 g/mol. The summed E-state index contributed by atoms with van der Waals surface area (Å²) in [5.41, 5.74) is 4.63. The molecule has 0 aromatic heterocycles. The van der Waals surface area contributed by atoms with Gasteiger partial charge >= 0.3 is 0 Å². The summed E-state index contributed by atoms with van der Waals surface area (Å²) in [4.78, 5) is 53.1. The van der Waals surface area contributed by atoms with Crippen molar-refractivity contribution in [3.8, 4) is 0 Å². The highest BCUT2D eigenvalue weighted by molar-refractivity contribution is 5.99. The van der Waals surface area contributed by atoms with Gasteiger partial charge in [0, 0.05) is 29.9 Å². The molecule has 9 heteroatoms. The van der Waals surface area contributed by atoms with Crippen molar-refractivity contribution >= 4 is 35.0 Å². The molecule has 4 rings (SSSR count). The van der Waals surface area contributed by atoms with E-state index in [1.54, 1.807) is 25.1 Å². The second kappa shape index (κ2) is 13.1. The van der Waals surface area contributed by atoms with Crippen molar-refractivity contribution in [2.75, 3.05) is 5.32 Å². The molecule has 9 nitrogen and oxygen atoms in total. The van der Waals surface area contributed by atoms with Gasteiger partial charge in [-0.15, -0.1) is 0 Å². The Morgan fingerprint density at radius 3 is 2.24 bits per heavy atom. The van der Waals surface area contributed by atoms with E-state index in [0.29, 0.717) is 11.3 Å². The van der Waals surface area contributed by atoms with E-state index in [0.717, 1.165) is 22.4 Å². The van der Waals surface area contributed by atoms with Crippen molar-refractivity contribution in [2.45, 2.75) is 58.8 Å². The summed E-state index contributed by atoms with van der Waals surface area (Å²) in [5.74, 6) is -2.00. The van der Waals surface area contributed by atoms with Crippen LogP contribution >= 0.6 is 0 Å². The molecule has 3 aromatic rings. The lowest BCUT2D eigenvalue weighted by Crippen LogP contribution is -2.58. The molecule has 0 unspecified atom stereocenters. The first-order chi connectivity index (χ1) is 19.6. The van der Waals surface area contributed by atoms with E-state index in [1.807, 2.05) is 75.4 Å². The van der Waals surface area contributed by atoms with Gasteiger partial charge < -0.3 is 26.6 Å². The molecule has 4 amide bonds. The van der Waals surface area contributed by atoms with Crippen molar-refractivity contribution in [3.05, 3.63) is 95.1 Å². The first kappa shape index (κ1) is 29.3. The average Bonchev–Trinajstić information content (AvgIpc) is 2.95. The zero-order chi connectivity index (χ0) is 29.5. The lowest BCUT2D eigenvalue weighted by atomic mass is 10.0. The third kappa shape index (κ3) is 7.72. The molecule has 0 aliphatic carbocycles. The Morgan fingerprint density at radius 2 is 1.51 bits per heavy atom. The molecule has 0 spiro atoms. The normalized spacial score (nSPS) is 20.4. The maximum atomic E-state index is 13.6. The standard InChI is InChI=1S/C32H37N5O4/c1-19(2)28-32(41)34-21(4)29(38)33-18-24-17-26(14-13-20(24)3)35-25-12-8-11-23(16-25)30(39)36-27(31(40)37-28)15-22-9-6-5-7-10-22/h5-14,16-17,19,21,27-28,35H,15,18H2,1-4H3,(H,33,38)(H,34,41)(H,36,39)(H,37,40)/t21-,27+,28-/m0/s1. The van der Waals surface area contributed by atoms with E-state index >= 15 is 0 Å². The van der Waals surface area contributed by atoms with Crippen LogP contribution in [0.1, 0.15) is 47.8 Å². The van der Waals surface area contributed by atoms with Gasteiger partial charge in [-0.3, -0.25) is 19.2 Å². The summed E-state index contributed by atoms with van der Waals surface area (Å²) < 4.78 is 0. The van der Waals surface area contributed by atoms with Crippen LogP contribution in [0.15, 0.2) is 72.8 Å². The molecule has 3 atom stereocenters. The minimum Gasteiger partial charge on any atom is -0.355 e. The molecule has 5 N–H and O–H groups in total. The van der Waals surface area contributed by atoms with Crippen LogP contribution in [-0.4, -0.2) is 41.8 Å². The number of hydrogen-bond acceptors (Lipinski definition) is 5. The van der Waals surface area contributed by atoms with Crippen molar-refractivity contribution in [2.24, 2.45) is 5.92 Å². The molecule has 0 fully saturated rings. The van der Waals surface area contributed by atoms with Gasteiger partial charge in [-0.2, -0.15) is 0 Å². The Bertz CT molecular complexity index is 1420. The molecule has 1 heterocycles. The van der Waals surface area contributed by atoms with Gasteiger partial charge in [0.25, 0.3) is 5.91 Å². The molecule has 1 aliphatic heterocycles. The fourth-order valence-corrected chi connectivity index (χ4v) is 4.64. The van der Waals surface area contributed by atoms with E-state index in [4.69, 9.17) is 0 Å². The van der Waals surface area contributed by atoms with Gasteiger partial charge in [0.2, 0.25) is 17.7 Å². The van der Waals surface area contributed by atoms with E-state index in [-0.39, 0.29) is 24.8 Å². The Labute approximate surface area is 240 Å². The number of fused-ring (bicyclic) bond motifs is 4. The minimum absolute atomic E-state index is 0.230. The lowest BCUT2D eigenvalue weighted by molar-refractivity contribution is -0.133. The minimum atomic E-state index is -0.946. The van der Waals surface area contributed by atoms with Crippen molar-refractivity contribution in [1.82, 2.24) is 21.3 Å². The molecule has 214 valence electrons. The molecule has 1 aliphatic rings. The summed E-state index contributed by atoms with van der Waals surface area (Å²) >= 11 is 0. The highest BCUT2D eigenvalue weighted by Gasteiger charge is 2.30. The molecular formula is C32H37N5O4. The number of anilines is 2. The largest absolute Gasteiger partial charge is 0.355 e. The van der Waals surface area contributed by atoms with Crippen LogP contribution in [0, 0.1) is 12.8 Å². The van der Waals surface area contributed by atoms with Gasteiger partial charge in [0.1, 0.15) is 18.1 Å². The van der Waals surface area contributed by atoms with Crippen molar-refractivity contribution in [1.29, 1.82) is 0 Å².